The normalized spacial score (nSPS) is 19.5. The van der Waals surface area contributed by atoms with E-state index in [0.29, 0.717) is 32.5 Å². The van der Waals surface area contributed by atoms with Gasteiger partial charge in [0, 0.05) is 32.1 Å². The van der Waals surface area contributed by atoms with Crippen LogP contribution in [-0.4, -0.2) is 35.7 Å². The average molecular weight is 215 g/mol. The van der Waals surface area contributed by atoms with Crippen molar-refractivity contribution >= 4 is 11.9 Å². The fourth-order valence-corrected chi connectivity index (χ4v) is 1.92. The van der Waals surface area contributed by atoms with Gasteiger partial charge in [-0.2, -0.15) is 0 Å². The molecule has 1 fully saturated rings. The van der Waals surface area contributed by atoms with Gasteiger partial charge in [0.05, 0.1) is 0 Å². The summed E-state index contributed by atoms with van der Waals surface area (Å²) in [6.45, 7) is 2.62. The summed E-state index contributed by atoms with van der Waals surface area (Å²) in [6.07, 6.45) is 1.95. The van der Waals surface area contributed by atoms with Gasteiger partial charge in [0.1, 0.15) is 0 Å². The van der Waals surface area contributed by atoms with Gasteiger partial charge in [-0.3, -0.25) is 9.59 Å². The first kappa shape index (κ1) is 12.0. The number of hydrogen-bond donors (Lipinski definition) is 2. The molecule has 5 heteroatoms. The van der Waals surface area contributed by atoms with Crippen LogP contribution in [0.4, 0.5) is 0 Å². The molecule has 86 valence electrons. The highest BCUT2D eigenvalue weighted by molar-refractivity contribution is 5.74. The molecular formula is C10H17NO4. The van der Waals surface area contributed by atoms with Crippen molar-refractivity contribution < 1.29 is 19.4 Å². The molecule has 1 aliphatic heterocycles. The van der Waals surface area contributed by atoms with Crippen molar-refractivity contribution in [3.05, 3.63) is 0 Å². The van der Waals surface area contributed by atoms with Crippen molar-refractivity contribution in [2.24, 2.45) is 0 Å². The van der Waals surface area contributed by atoms with E-state index in [-0.39, 0.29) is 17.9 Å². The molecule has 0 aliphatic carbocycles. The zero-order chi connectivity index (χ0) is 11.3. The van der Waals surface area contributed by atoms with Crippen molar-refractivity contribution in [2.45, 2.75) is 38.1 Å². The summed E-state index contributed by atoms with van der Waals surface area (Å²) in [7, 11) is 0. The number of rotatable bonds is 4. The molecule has 0 saturated carbocycles. The minimum absolute atomic E-state index is 0.0836. The Bertz CT molecular complexity index is 246. The van der Waals surface area contributed by atoms with Crippen molar-refractivity contribution in [1.82, 2.24) is 5.32 Å². The first-order valence-corrected chi connectivity index (χ1v) is 5.12. The quantitative estimate of drug-likeness (QED) is 0.717. The first-order valence-electron chi connectivity index (χ1n) is 5.12. The standard InChI is InChI=1S/C10H17NO4/c1-8(12)11-10(3-2-9(13)14)4-6-15-7-5-10/h2-7H2,1H3,(H,11,12)(H,13,14). The van der Waals surface area contributed by atoms with E-state index in [0.717, 1.165) is 0 Å². The number of hydrogen-bond acceptors (Lipinski definition) is 3. The summed E-state index contributed by atoms with van der Waals surface area (Å²) in [5.41, 5.74) is -0.373. The van der Waals surface area contributed by atoms with E-state index in [9.17, 15) is 9.59 Å². The second-order valence-corrected chi connectivity index (χ2v) is 3.97. The third-order valence-electron chi connectivity index (χ3n) is 2.71. The largest absolute Gasteiger partial charge is 0.481 e. The van der Waals surface area contributed by atoms with Crippen LogP contribution in [0.3, 0.4) is 0 Å². The Kier molecular flexibility index (Phi) is 4.08. The Labute approximate surface area is 88.8 Å². The van der Waals surface area contributed by atoms with Gasteiger partial charge in [0.2, 0.25) is 5.91 Å². The third-order valence-corrected chi connectivity index (χ3v) is 2.71. The molecule has 1 amide bonds. The number of carbonyl (C=O) groups is 2. The lowest BCUT2D eigenvalue weighted by Gasteiger charge is -2.37. The minimum atomic E-state index is -0.828. The topological polar surface area (TPSA) is 75.6 Å². The van der Waals surface area contributed by atoms with Gasteiger partial charge >= 0.3 is 5.97 Å². The number of carbonyl (C=O) groups excluding carboxylic acids is 1. The van der Waals surface area contributed by atoms with Crippen LogP contribution in [0.5, 0.6) is 0 Å². The predicted octanol–water partition coefficient (Wildman–Crippen LogP) is 0.536. The van der Waals surface area contributed by atoms with Crippen LogP contribution in [-0.2, 0) is 14.3 Å². The van der Waals surface area contributed by atoms with Crippen LogP contribution in [0.15, 0.2) is 0 Å². The molecule has 1 rings (SSSR count). The molecule has 1 heterocycles. The molecule has 2 N–H and O–H groups in total. The number of carboxylic acids is 1. The lowest BCUT2D eigenvalue weighted by molar-refractivity contribution is -0.138. The van der Waals surface area contributed by atoms with E-state index in [4.69, 9.17) is 9.84 Å². The summed E-state index contributed by atoms with van der Waals surface area (Å²) >= 11 is 0. The van der Waals surface area contributed by atoms with E-state index < -0.39 is 5.97 Å². The Morgan fingerprint density at radius 2 is 2.00 bits per heavy atom. The van der Waals surface area contributed by atoms with Crippen LogP contribution in [0.2, 0.25) is 0 Å². The highest BCUT2D eigenvalue weighted by Gasteiger charge is 2.33. The van der Waals surface area contributed by atoms with Gasteiger partial charge in [-0.15, -0.1) is 0 Å². The second-order valence-electron chi connectivity index (χ2n) is 3.97. The van der Waals surface area contributed by atoms with E-state index >= 15 is 0 Å². The summed E-state index contributed by atoms with van der Waals surface area (Å²) in [5, 5.41) is 11.5. The smallest absolute Gasteiger partial charge is 0.303 e. The zero-order valence-corrected chi connectivity index (χ0v) is 8.91. The number of aliphatic carboxylic acids is 1. The summed E-state index contributed by atoms with van der Waals surface area (Å²) in [6, 6.07) is 0. The SMILES string of the molecule is CC(=O)NC1(CCC(=O)O)CCOCC1. The molecule has 0 aromatic rings. The molecule has 1 saturated heterocycles. The zero-order valence-electron chi connectivity index (χ0n) is 8.91. The van der Waals surface area contributed by atoms with Gasteiger partial charge in [-0.05, 0) is 19.3 Å². The van der Waals surface area contributed by atoms with Crippen LogP contribution in [0.25, 0.3) is 0 Å². The maximum Gasteiger partial charge on any atom is 0.303 e. The van der Waals surface area contributed by atoms with E-state index in [1.54, 1.807) is 0 Å². The maximum atomic E-state index is 11.1. The van der Waals surface area contributed by atoms with Gasteiger partial charge < -0.3 is 15.2 Å². The Hall–Kier alpha value is -1.10. The Balaban J connectivity index is 2.57. The van der Waals surface area contributed by atoms with Crippen molar-refractivity contribution in [3.63, 3.8) is 0 Å². The number of amides is 1. The molecule has 0 bridgehead atoms. The van der Waals surface area contributed by atoms with Crippen LogP contribution < -0.4 is 5.32 Å². The summed E-state index contributed by atoms with van der Waals surface area (Å²) < 4.78 is 5.21. The lowest BCUT2D eigenvalue weighted by atomic mass is 9.85. The third kappa shape index (κ3) is 3.87. The number of ether oxygens (including phenoxy) is 1. The van der Waals surface area contributed by atoms with Gasteiger partial charge in [-0.25, -0.2) is 0 Å². The molecule has 1 aliphatic rings. The molecule has 0 unspecified atom stereocenters. The van der Waals surface area contributed by atoms with Crippen LogP contribution in [0.1, 0.15) is 32.6 Å². The molecule has 0 radical (unpaired) electrons. The molecule has 15 heavy (non-hydrogen) atoms. The average Bonchev–Trinajstić information content (AvgIpc) is 2.15. The van der Waals surface area contributed by atoms with Crippen molar-refractivity contribution in [2.75, 3.05) is 13.2 Å². The lowest BCUT2D eigenvalue weighted by Crippen LogP contribution is -2.51. The fraction of sp³-hybridized carbons (Fsp3) is 0.800. The van der Waals surface area contributed by atoms with E-state index in [1.165, 1.54) is 6.92 Å². The van der Waals surface area contributed by atoms with Gasteiger partial charge in [-0.1, -0.05) is 0 Å². The Morgan fingerprint density at radius 1 is 1.40 bits per heavy atom. The predicted molar refractivity (Wildman–Crippen MR) is 53.5 cm³/mol. The van der Waals surface area contributed by atoms with Crippen molar-refractivity contribution in [3.8, 4) is 0 Å². The van der Waals surface area contributed by atoms with Crippen LogP contribution in [0, 0.1) is 0 Å². The van der Waals surface area contributed by atoms with E-state index in [1.807, 2.05) is 0 Å². The fourth-order valence-electron chi connectivity index (χ4n) is 1.92. The van der Waals surface area contributed by atoms with E-state index in [2.05, 4.69) is 5.32 Å². The number of nitrogens with one attached hydrogen (secondary N) is 1. The molecule has 0 aromatic heterocycles. The summed E-state index contributed by atoms with van der Waals surface area (Å²) in [5.74, 6) is -0.937. The van der Waals surface area contributed by atoms with Crippen LogP contribution >= 0.6 is 0 Å². The summed E-state index contributed by atoms with van der Waals surface area (Å²) in [4.78, 5) is 21.6. The molecule has 0 spiro atoms. The maximum absolute atomic E-state index is 11.1. The number of carboxylic acid groups (broad SMARTS) is 1. The molecule has 0 atom stereocenters. The van der Waals surface area contributed by atoms with Gasteiger partial charge in [0.15, 0.2) is 0 Å². The molecule has 0 aromatic carbocycles. The highest BCUT2D eigenvalue weighted by atomic mass is 16.5. The molecule has 5 nitrogen and oxygen atoms in total. The minimum Gasteiger partial charge on any atom is -0.481 e. The molecular weight excluding hydrogens is 198 g/mol. The monoisotopic (exact) mass is 215 g/mol. The van der Waals surface area contributed by atoms with Gasteiger partial charge in [0.25, 0.3) is 0 Å². The Morgan fingerprint density at radius 3 is 2.47 bits per heavy atom. The van der Waals surface area contributed by atoms with Crippen molar-refractivity contribution in [1.29, 1.82) is 0 Å². The first-order chi connectivity index (χ1) is 7.04. The second kappa shape index (κ2) is 5.11. The highest BCUT2D eigenvalue weighted by Crippen LogP contribution is 2.25.